The van der Waals surface area contributed by atoms with Crippen LogP contribution < -0.4 is 11.2 Å². The highest BCUT2D eigenvalue weighted by Crippen LogP contribution is 2.37. The number of likely N-dealkylation sites (tertiary alicyclic amines) is 1. The summed E-state index contributed by atoms with van der Waals surface area (Å²) in [5.74, 6) is 7.51. The summed E-state index contributed by atoms with van der Waals surface area (Å²) in [6, 6.07) is 0.176. The fourth-order valence-electron chi connectivity index (χ4n) is 5.43. The Labute approximate surface area is 183 Å². The molecule has 5 nitrogen and oxygen atoms in total. The molecule has 3 aliphatic rings. The lowest BCUT2D eigenvalue weighted by Crippen LogP contribution is -2.61. The summed E-state index contributed by atoms with van der Waals surface area (Å²) in [6.07, 6.45) is 16.6. The molecule has 0 aromatic rings. The average Bonchev–Trinajstić information content (AvgIpc) is 3.04. The number of allylic oxidation sites excluding steroid dienone is 2. The van der Waals surface area contributed by atoms with E-state index in [0.29, 0.717) is 0 Å². The molecule has 3 N–H and O–H groups in total. The van der Waals surface area contributed by atoms with E-state index in [1.54, 1.807) is 5.01 Å². The Morgan fingerprint density at radius 3 is 2.63 bits per heavy atom. The van der Waals surface area contributed by atoms with E-state index >= 15 is 0 Å². The predicted molar refractivity (Wildman–Crippen MR) is 124 cm³/mol. The Bertz CT molecular complexity index is 729. The number of carbonyl (C=O) groups excluding carboxylic acids is 1. The topological polar surface area (TPSA) is 61.6 Å². The molecule has 0 radical (unpaired) electrons. The third-order valence-corrected chi connectivity index (χ3v) is 7.66. The van der Waals surface area contributed by atoms with Gasteiger partial charge >= 0.3 is 0 Å². The smallest absolute Gasteiger partial charge is 0.253 e. The Hall–Kier alpha value is -1.75. The van der Waals surface area contributed by atoms with Crippen molar-refractivity contribution in [1.82, 2.24) is 15.2 Å². The molecule has 1 amide bonds. The van der Waals surface area contributed by atoms with Gasteiger partial charge in [0.1, 0.15) is 5.82 Å². The van der Waals surface area contributed by atoms with Crippen LogP contribution in [0.3, 0.4) is 0 Å². The Balaban J connectivity index is 1.95. The highest BCUT2D eigenvalue weighted by Gasteiger charge is 2.42. The molecule has 1 aliphatic carbocycles. The summed E-state index contributed by atoms with van der Waals surface area (Å²) in [7, 11) is 0. The molecule has 1 unspecified atom stereocenters. The van der Waals surface area contributed by atoms with Crippen LogP contribution in [0.15, 0.2) is 35.2 Å². The van der Waals surface area contributed by atoms with Crippen molar-refractivity contribution in [3.05, 3.63) is 35.2 Å². The van der Waals surface area contributed by atoms with Crippen molar-refractivity contribution in [2.75, 3.05) is 6.54 Å². The summed E-state index contributed by atoms with van der Waals surface area (Å²) in [5, 5.41) is 5.45. The van der Waals surface area contributed by atoms with E-state index in [1.165, 1.54) is 18.4 Å². The lowest BCUT2D eigenvalue weighted by molar-refractivity contribution is -0.136. The van der Waals surface area contributed by atoms with Gasteiger partial charge in [0, 0.05) is 12.1 Å². The number of piperidine rings is 1. The standard InChI is InChI=1S/C25H42N4O/c1-6-25(7-2)16-12-13-17-28(25)23(30)19(3)22-27-21(18-24(4,5)29(22)26)20-14-10-8-9-11-15-20/h10,14-15,21,27H,6-9,11-13,16-18,26H2,1-5H3/b22-19+. The summed E-state index contributed by atoms with van der Waals surface area (Å²) >= 11 is 0. The first-order valence-corrected chi connectivity index (χ1v) is 12.0. The third-order valence-electron chi connectivity index (χ3n) is 7.66. The zero-order valence-corrected chi connectivity index (χ0v) is 19.8. The van der Waals surface area contributed by atoms with E-state index in [4.69, 9.17) is 5.84 Å². The zero-order chi connectivity index (χ0) is 21.9. The van der Waals surface area contributed by atoms with Gasteiger partial charge in [-0.1, -0.05) is 32.1 Å². The van der Waals surface area contributed by atoms with Crippen LogP contribution in [-0.2, 0) is 4.79 Å². The number of nitrogens with two attached hydrogens (primary N) is 1. The molecule has 0 bridgehead atoms. The SMILES string of the molecule is CCC1(CC)CCCCN1C(=O)/C(C)=C1\NC(C2=CCCCC=C2)CC(C)(C)N1N. The van der Waals surface area contributed by atoms with E-state index in [9.17, 15) is 4.79 Å². The molecule has 0 aromatic heterocycles. The number of hydrazine groups is 1. The lowest BCUT2D eigenvalue weighted by Gasteiger charge is -2.49. The molecule has 0 saturated carbocycles. The maximum absolute atomic E-state index is 13.7. The first-order chi connectivity index (χ1) is 14.3. The maximum Gasteiger partial charge on any atom is 0.253 e. The van der Waals surface area contributed by atoms with Crippen LogP contribution in [0.2, 0.25) is 0 Å². The summed E-state index contributed by atoms with van der Waals surface area (Å²) in [4.78, 5) is 15.9. The van der Waals surface area contributed by atoms with Crippen molar-refractivity contribution in [2.24, 2.45) is 5.84 Å². The molecule has 2 aliphatic heterocycles. The number of nitrogens with zero attached hydrogens (tertiary/aromatic N) is 2. The van der Waals surface area contributed by atoms with Crippen LogP contribution in [-0.4, -0.2) is 39.5 Å². The number of hydrogen-bond donors (Lipinski definition) is 2. The number of nitrogens with one attached hydrogen (secondary N) is 1. The van der Waals surface area contributed by atoms with Gasteiger partial charge in [-0.25, -0.2) is 5.84 Å². The summed E-state index contributed by atoms with van der Waals surface area (Å²) in [5.41, 5.74) is 1.80. The molecule has 1 atom stereocenters. The van der Waals surface area contributed by atoms with E-state index in [1.807, 2.05) is 6.92 Å². The highest BCUT2D eigenvalue weighted by molar-refractivity contribution is 5.94. The largest absolute Gasteiger partial charge is 0.363 e. The first kappa shape index (κ1) is 22.9. The minimum Gasteiger partial charge on any atom is -0.363 e. The highest BCUT2D eigenvalue weighted by atomic mass is 16.2. The maximum atomic E-state index is 13.7. The first-order valence-electron chi connectivity index (χ1n) is 12.0. The van der Waals surface area contributed by atoms with Gasteiger partial charge in [-0.3, -0.25) is 9.80 Å². The van der Waals surface area contributed by atoms with E-state index in [-0.39, 0.29) is 23.0 Å². The zero-order valence-electron chi connectivity index (χ0n) is 19.8. The number of amides is 1. The predicted octanol–water partition coefficient (Wildman–Crippen LogP) is 4.77. The van der Waals surface area contributed by atoms with Gasteiger partial charge in [-0.05, 0) is 84.1 Å². The van der Waals surface area contributed by atoms with Crippen molar-refractivity contribution < 1.29 is 4.79 Å². The van der Waals surface area contributed by atoms with Gasteiger partial charge in [0.05, 0.1) is 17.2 Å². The van der Waals surface area contributed by atoms with Crippen LogP contribution >= 0.6 is 0 Å². The van der Waals surface area contributed by atoms with Gasteiger partial charge in [-0.15, -0.1) is 0 Å². The van der Waals surface area contributed by atoms with E-state index in [2.05, 4.69) is 56.1 Å². The second-order valence-corrected chi connectivity index (χ2v) is 9.94. The van der Waals surface area contributed by atoms with E-state index in [0.717, 1.165) is 62.9 Å². The van der Waals surface area contributed by atoms with Crippen LogP contribution in [0.4, 0.5) is 0 Å². The molecule has 3 rings (SSSR count). The van der Waals surface area contributed by atoms with Crippen LogP contribution in [0.1, 0.15) is 92.4 Å². The molecular weight excluding hydrogens is 372 g/mol. The Morgan fingerprint density at radius 1 is 1.20 bits per heavy atom. The normalized spacial score (nSPS) is 27.8. The second-order valence-electron chi connectivity index (χ2n) is 9.94. The third kappa shape index (κ3) is 4.32. The quantitative estimate of drug-likeness (QED) is 0.514. The molecule has 0 aromatic carbocycles. The lowest BCUT2D eigenvalue weighted by atomic mass is 9.81. The molecule has 0 spiro atoms. The molecule has 2 saturated heterocycles. The minimum absolute atomic E-state index is 0.0211. The second kappa shape index (κ2) is 9.17. The number of hydrogen-bond acceptors (Lipinski definition) is 4. The van der Waals surface area contributed by atoms with Crippen molar-refractivity contribution in [2.45, 2.75) is 110 Å². The van der Waals surface area contributed by atoms with Crippen molar-refractivity contribution in [1.29, 1.82) is 0 Å². The van der Waals surface area contributed by atoms with E-state index < -0.39 is 0 Å². The average molecular weight is 415 g/mol. The number of rotatable bonds is 4. The van der Waals surface area contributed by atoms with Gasteiger partial charge in [0.15, 0.2) is 0 Å². The molecule has 5 heteroatoms. The fraction of sp³-hybridized carbons (Fsp3) is 0.720. The van der Waals surface area contributed by atoms with Crippen LogP contribution in [0.25, 0.3) is 0 Å². The van der Waals surface area contributed by atoms with Gasteiger partial charge in [-0.2, -0.15) is 0 Å². The molecule has 2 fully saturated rings. The van der Waals surface area contributed by atoms with Gasteiger partial charge in [0.25, 0.3) is 5.91 Å². The van der Waals surface area contributed by atoms with Gasteiger partial charge in [0.2, 0.25) is 0 Å². The Morgan fingerprint density at radius 2 is 1.93 bits per heavy atom. The summed E-state index contributed by atoms with van der Waals surface area (Å²) in [6.45, 7) is 11.6. The molecule has 2 heterocycles. The van der Waals surface area contributed by atoms with Crippen molar-refractivity contribution in [3.63, 3.8) is 0 Å². The fourth-order valence-corrected chi connectivity index (χ4v) is 5.43. The van der Waals surface area contributed by atoms with Crippen LogP contribution in [0, 0.1) is 0 Å². The summed E-state index contributed by atoms with van der Waals surface area (Å²) < 4.78 is 0. The Kier molecular flexibility index (Phi) is 7.01. The molecule has 30 heavy (non-hydrogen) atoms. The minimum atomic E-state index is -0.234. The monoisotopic (exact) mass is 414 g/mol. The van der Waals surface area contributed by atoms with Gasteiger partial charge < -0.3 is 10.2 Å². The molecular formula is C25H42N4O. The molecule has 168 valence electrons. The van der Waals surface area contributed by atoms with Crippen LogP contribution in [0.5, 0.6) is 0 Å². The van der Waals surface area contributed by atoms with Crippen molar-refractivity contribution in [3.8, 4) is 0 Å². The van der Waals surface area contributed by atoms with Crippen molar-refractivity contribution >= 4 is 5.91 Å². The number of carbonyl (C=O) groups is 1.